The van der Waals surface area contributed by atoms with Crippen LogP contribution in [0.5, 0.6) is 0 Å². The Bertz CT molecular complexity index is 525. The van der Waals surface area contributed by atoms with Crippen molar-refractivity contribution in [2.24, 2.45) is 0 Å². The molecule has 0 radical (unpaired) electrons. The van der Waals surface area contributed by atoms with Crippen molar-refractivity contribution in [3.05, 3.63) is 39.4 Å². The van der Waals surface area contributed by atoms with E-state index < -0.39 is 0 Å². The number of likely N-dealkylation sites (tertiary alicyclic amines) is 1. The van der Waals surface area contributed by atoms with Crippen LogP contribution in [0.2, 0.25) is 0 Å². The van der Waals surface area contributed by atoms with Crippen molar-refractivity contribution < 1.29 is 9.72 Å². The van der Waals surface area contributed by atoms with Crippen LogP contribution in [-0.4, -0.2) is 35.4 Å². The molecule has 0 bridgehead atoms. The number of nitro benzene ring substituents is 1. The SMILES string of the molecule is Cc1ccc(CNCCC(=O)N2CCCC2)cc1[N+](=O)[O-]. The first kappa shape index (κ1) is 15.4. The van der Waals surface area contributed by atoms with Gasteiger partial charge in [0, 0.05) is 44.2 Å². The van der Waals surface area contributed by atoms with Crippen molar-refractivity contribution in [3.63, 3.8) is 0 Å². The third-order valence-corrected chi connectivity index (χ3v) is 3.77. The van der Waals surface area contributed by atoms with Crippen LogP contribution in [0.25, 0.3) is 0 Å². The van der Waals surface area contributed by atoms with Gasteiger partial charge in [-0.2, -0.15) is 0 Å². The predicted molar refractivity (Wildman–Crippen MR) is 80.0 cm³/mol. The molecule has 21 heavy (non-hydrogen) atoms. The van der Waals surface area contributed by atoms with Gasteiger partial charge in [-0.25, -0.2) is 0 Å². The fourth-order valence-electron chi connectivity index (χ4n) is 2.51. The number of hydrogen-bond donors (Lipinski definition) is 1. The number of nitro groups is 1. The lowest BCUT2D eigenvalue weighted by Crippen LogP contribution is -2.30. The first-order valence-electron chi connectivity index (χ1n) is 7.30. The maximum Gasteiger partial charge on any atom is 0.272 e. The first-order valence-corrected chi connectivity index (χ1v) is 7.30. The summed E-state index contributed by atoms with van der Waals surface area (Å²) in [5.41, 5.74) is 1.66. The lowest BCUT2D eigenvalue weighted by molar-refractivity contribution is -0.385. The van der Waals surface area contributed by atoms with Gasteiger partial charge in [0.05, 0.1) is 4.92 Å². The largest absolute Gasteiger partial charge is 0.343 e. The number of aryl methyl sites for hydroxylation is 1. The highest BCUT2D eigenvalue weighted by Crippen LogP contribution is 2.19. The molecular formula is C15H21N3O3. The summed E-state index contributed by atoms with van der Waals surface area (Å²) in [6, 6.07) is 5.22. The van der Waals surface area contributed by atoms with Crippen molar-refractivity contribution in [2.75, 3.05) is 19.6 Å². The molecular weight excluding hydrogens is 270 g/mol. The topological polar surface area (TPSA) is 75.5 Å². The van der Waals surface area contributed by atoms with Crippen molar-refractivity contribution in [1.82, 2.24) is 10.2 Å². The molecule has 0 unspecified atom stereocenters. The molecule has 0 aromatic heterocycles. The van der Waals surface area contributed by atoms with E-state index in [1.165, 1.54) is 0 Å². The third kappa shape index (κ3) is 4.26. The molecule has 1 N–H and O–H groups in total. The highest BCUT2D eigenvalue weighted by atomic mass is 16.6. The van der Waals surface area contributed by atoms with Crippen molar-refractivity contribution in [1.29, 1.82) is 0 Å². The van der Waals surface area contributed by atoms with E-state index in [2.05, 4.69) is 5.32 Å². The Labute approximate surface area is 124 Å². The third-order valence-electron chi connectivity index (χ3n) is 3.77. The Hall–Kier alpha value is -1.95. The molecule has 1 heterocycles. The number of carbonyl (C=O) groups is 1. The van der Waals surface area contributed by atoms with E-state index >= 15 is 0 Å². The highest BCUT2D eigenvalue weighted by Gasteiger charge is 2.17. The molecule has 0 saturated carbocycles. The van der Waals surface area contributed by atoms with Crippen LogP contribution in [0.3, 0.4) is 0 Å². The summed E-state index contributed by atoms with van der Waals surface area (Å²) < 4.78 is 0. The van der Waals surface area contributed by atoms with Crippen LogP contribution >= 0.6 is 0 Å². The molecule has 6 nitrogen and oxygen atoms in total. The zero-order valence-corrected chi connectivity index (χ0v) is 12.3. The van der Waals surface area contributed by atoms with E-state index in [4.69, 9.17) is 0 Å². The smallest absolute Gasteiger partial charge is 0.272 e. The van der Waals surface area contributed by atoms with Crippen LogP contribution in [0.4, 0.5) is 5.69 Å². The minimum atomic E-state index is -0.365. The van der Waals surface area contributed by atoms with Gasteiger partial charge in [0.2, 0.25) is 5.91 Å². The molecule has 0 atom stereocenters. The molecule has 6 heteroatoms. The minimum absolute atomic E-state index is 0.141. The Balaban J connectivity index is 1.77. The summed E-state index contributed by atoms with van der Waals surface area (Å²) >= 11 is 0. The van der Waals surface area contributed by atoms with Gasteiger partial charge in [0.15, 0.2) is 0 Å². The van der Waals surface area contributed by atoms with Crippen LogP contribution in [0.1, 0.15) is 30.4 Å². The molecule has 0 spiro atoms. The molecule has 1 amide bonds. The molecule has 114 valence electrons. The molecule has 1 aromatic carbocycles. The van der Waals surface area contributed by atoms with Crippen LogP contribution in [0, 0.1) is 17.0 Å². The van der Waals surface area contributed by atoms with Gasteiger partial charge in [-0.3, -0.25) is 14.9 Å². The van der Waals surface area contributed by atoms with Crippen LogP contribution in [-0.2, 0) is 11.3 Å². The molecule has 1 saturated heterocycles. The summed E-state index contributed by atoms with van der Waals surface area (Å²) in [5, 5.41) is 14.0. The van der Waals surface area contributed by atoms with Crippen molar-refractivity contribution >= 4 is 11.6 Å². The molecule has 2 rings (SSSR count). The van der Waals surface area contributed by atoms with Gasteiger partial charge in [0.25, 0.3) is 5.69 Å². The maximum absolute atomic E-state index is 11.8. The number of carbonyl (C=O) groups excluding carboxylic acids is 1. The van der Waals surface area contributed by atoms with E-state index in [0.29, 0.717) is 25.1 Å². The quantitative estimate of drug-likeness (QED) is 0.494. The Kier molecular flexibility index (Phi) is 5.27. The van der Waals surface area contributed by atoms with E-state index in [9.17, 15) is 14.9 Å². The average molecular weight is 291 g/mol. The van der Waals surface area contributed by atoms with E-state index in [1.807, 2.05) is 11.0 Å². The van der Waals surface area contributed by atoms with Gasteiger partial charge in [-0.1, -0.05) is 12.1 Å². The second-order valence-corrected chi connectivity index (χ2v) is 5.39. The monoisotopic (exact) mass is 291 g/mol. The molecule has 1 aromatic rings. The van der Waals surface area contributed by atoms with Gasteiger partial charge in [0.1, 0.15) is 0 Å². The van der Waals surface area contributed by atoms with Gasteiger partial charge in [-0.15, -0.1) is 0 Å². The number of nitrogens with one attached hydrogen (secondary N) is 1. The predicted octanol–water partition coefficient (Wildman–Crippen LogP) is 2.01. The standard InChI is InChI=1S/C15H21N3O3/c1-12-4-5-13(10-14(12)18(20)21)11-16-7-6-15(19)17-8-2-3-9-17/h4-5,10,16H,2-3,6-9,11H2,1H3. The number of amides is 1. The number of rotatable bonds is 6. The summed E-state index contributed by atoms with van der Waals surface area (Å²) in [7, 11) is 0. The Morgan fingerprint density at radius 2 is 2.10 bits per heavy atom. The molecule has 1 aliphatic heterocycles. The fourth-order valence-corrected chi connectivity index (χ4v) is 2.51. The van der Waals surface area contributed by atoms with Crippen LogP contribution in [0.15, 0.2) is 18.2 Å². The molecule has 0 aliphatic carbocycles. The lowest BCUT2D eigenvalue weighted by Gasteiger charge is -2.15. The second-order valence-electron chi connectivity index (χ2n) is 5.39. The Morgan fingerprint density at radius 3 is 2.76 bits per heavy atom. The zero-order valence-electron chi connectivity index (χ0n) is 12.3. The normalized spacial score (nSPS) is 14.4. The zero-order chi connectivity index (χ0) is 15.2. The maximum atomic E-state index is 11.8. The molecule has 1 fully saturated rings. The molecule has 1 aliphatic rings. The number of benzene rings is 1. The lowest BCUT2D eigenvalue weighted by atomic mass is 10.1. The summed E-state index contributed by atoms with van der Waals surface area (Å²) in [4.78, 5) is 24.3. The van der Waals surface area contributed by atoms with E-state index in [1.54, 1.807) is 19.1 Å². The summed E-state index contributed by atoms with van der Waals surface area (Å²) in [6.07, 6.45) is 2.69. The fraction of sp³-hybridized carbons (Fsp3) is 0.533. The van der Waals surface area contributed by atoms with Gasteiger partial charge in [-0.05, 0) is 25.3 Å². The summed E-state index contributed by atoms with van der Waals surface area (Å²) in [5.74, 6) is 0.190. The average Bonchev–Trinajstić information content (AvgIpc) is 2.99. The summed E-state index contributed by atoms with van der Waals surface area (Å²) in [6.45, 7) is 4.61. The number of nitrogens with zero attached hydrogens (tertiary/aromatic N) is 2. The van der Waals surface area contributed by atoms with Crippen LogP contribution < -0.4 is 5.32 Å². The Morgan fingerprint density at radius 1 is 1.38 bits per heavy atom. The second kappa shape index (κ2) is 7.17. The number of hydrogen-bond acceptors (Lipinski definition) is 4. The van der Waals surface area contributed by atoms with Crippen molar-refractivity contribution in [3.8, 4) is 0 Å². The van der Waals surface area contributed by atoms with E-state index in [0.717, 1.165) is 31.5 Å². The first-order chi connectivity index (χ1) is 10.1. The minimum Gasteiger partial charge on any atom is -0.343 e. The van der Waals surface area contributed by atoms with Crippen molar-refractivity contribution in [2.45, 2.75) is 32.7 Å². The van der Waals surface area contributed by atoms with Gasteiger partial charge < -0.3 is 10.2 Å². The van der Waals surface area contributed by atoms with E-state index in [-0.39, 0.29) is 16.5 Å². The van der Waals surface area contributed by atoms with Gasteiger partial charge >= 0.3 is 0 Å². The highest BCUT2D eigenvalue weighted by molar-refractivity contribution is 5.76.